The zero-order valence-corrected chi connectivity index (χ0v) is 19.0. The minimum absolute atomic E-state index is 0.147. The van der Waals surface area contributed by atoms with Gasteiger partial charge in [0.15, 0.2) is 0 Å². The molecule has 0 unspecified atom stereocenters. The Morgan fingerprint density at radius 1 is 0.576 bits per heavy atom. The van der Waals surface area contributed by atoms with E-state index in [0.717, 1.165) is 12.8 Å². The molecule has 5 nitrogen and oxygen atoms in total. The first kappa shape index (κ1) is 29.3. The molecule has 0 aliphatic rings. The molecule has 0 atom stereocenters. The molecule has 1 rings (SSSR count). The number of ether oxygens (including phenoxy) is 4. The largest absolute Gasteiger partial charge is 0.420 e. The van der Waals surface area contributed by atoms with Gasteiger partial charge in [-0.25, -0.2) is 13.2 Å². The quantitative estimate of drug-likeness (QED) is 0.0614. The molecule has 0 fully saturated rings. The molecule has 1 aromatic rings. The minimum Gasteiger partial charge on any atom is -0.420 e. The van der Waals surface area contributed by atoms with E-state index in [1.807, 2.05) is 0 Å². The number of halogens is 5. The number of carbonyl (C=O) groups is 1. The first-order chi connectivity index (χ1) is 15.9. The van der Waals surface area contributed by atoms with E-state index in [9.17, 15) is 26.7 Å². The van der Waals surface area contributed by atoms with Crippen LogP contribution in [0, 0.1) is 29.1 Å². The van der Waals surface area contributed by atoms with Crippen LogP contribution in [0.5, 0.6) is 5.75 Å². The summed E-state index contributed by atoms with van der Waals surface area (Å²) in [7, 11) is 0. The molecule has 0 N–H and O–H groups in total. The molecule has 0 aromatic heterocycles. The van der Waals surface area contributed by atoms with Gasteiger partial charge in [0.25, 0.3) is 0 Å². The Hall–Kier alpha value is -1.78. The Kier molecular flexibility index (Phi) is 15.7. The van der Waals surface area contributed by atoms with Gasteiger partial charge in [0.05, 0.1) is 39.5 Å². The maximum absolute atomic E-state index is 13.5. The Labute approximate surface area is 191 Å². The topological polar surface area (TPSA) is 54.0 Å². The molecular weight excluding hydrogens is 451 g/mol. The third kappa shape index (κ3) is 11.8. The fourth-order valence-corrected chi connectivity index (χ4v) is 2.87. The summed E-state index contributed by atoms with van der Waals surface area (Å²) in [4.78, 5) is 11.6. The number of hydrogen-bond acceptors (Lipinski definition) is 5. The Morgan fingerprint density at radius 2 is 1.00 bits per heavy atom. The third-order valence-electron chi connectivity index (χ3n) is 4.72. The van der Waals surface area contributed by atoms with Crippen molar-refractivity contribution in [2.24, 2.45) is 0 Å². The van der Waals surface area contributed by atoms with Gasteiger partial charge in [-0.05, 0) is 6.42 Å². The van der Waals surface area contributed by atoms with E-state index < -0.39 is 47.2 Å². The molecule has 190 valence electrons. The fraction of sp³-hybridized carbons (Fsp3) is 0.696. The van der Waals surface area contributed by atoms with Crippen molar-refractivity contribution < 1.29 is 45.7 Å². The van der Waals surface area contributed by atoms with E-state index in [1.54, 1.807) is 0 Å². The highest BCUT2D eigenvalue weighted by Crippen LogP contribution is 2.29. The third-order valence-corrected chi connectivity index (χ3v) is 4.72. The zero-order valence-electron chi connectivity index (χ0n) is 19.0. The van der Waals surface area contributed by atoms with Crippen LogP contribution < -0.4 is 4.74 Å². The average molecular weight is 485 g/mol. The van der Waals surface area contributed by atoms with Crippen LogP contribution in [0.3, 0.4) is 0 Å². The normalized spacial score (nSPS) is 11.2. The second-order valence-electron chi connectivity index (χ2n) is 7.44. The smallest absolute Gasteiger partial charge is 0.313 e. The molecule has 0 bridgehead atoms. The molecule has 10 heteroatoms. The zero-order chi connectivity index (χ0) is 24.5. The van der Waals surface area contributed by atoms with Crippen LogP contribution in [0.25, 0.3) is 0 Å². The molecule has 0 aliphatic carbocycles. The summed E-state index contributed by atoms with van der Waals surface area (Å²) in [6, 6.07) is 0. The molecule has 0 saturated carbocycles. The first-order valence-corrected chi connectivity index (χ1v) is 11.3. The van der Waals surface area contributed by atoms with Gasteiger partial charge in [0, 0.05) is 6.61 Å². The van der Waals surface area contributed by atoms with Crippen molar-refractivity contribution in [2.45, 2.75) is 64.7 Å². The second kappa shape index (κ2) is 17.7. The number of hydrogen-bond donors (Lipinski definition) is 0. The van der Waals surface area contributed by atoms with Gasteiger partial charge in [-0.15, -0.1) is 0 Å². The van der Waals surface area contributed by atoms with Crippen molar-refractivity contribution in [2.75, 3.05) is 39.6 Å². The van der Waals surface area contributed by atoms with Crippen LogP contribution in [0.15, 0.2) is 0 Å². The summed E-state index contributed by atoms with van der Waals surface area (Å²) in [6.07, 6.45) is 9.44. The van der Waals surface area contributed by atoms with Crippen LogP contribution in [0.2, 0.25) is 0 Å². The van der Waals surface area contributed by atoms with Gasteiger partial charge in [0.2, 0.25) is 34.8 Å². The Bertz CT molecular complexity index is 673. The predicted molar refractivity (Wildman–Crippen MR) is 112 cm³/mol. The Morgan fingerprint density at radius 3 is 1.55 bits per heavy atom. The molecule has 33 heavy (non-hydrogen) atoms. The lowest BCUT2D eigenvalue weighted by Crippen LogP contribution is -2.16. The second-order valence-corrected chi connectivity index (χ2v) is 7.44. The Balaban J connectivity index is 1.99. The average Bonchev–Trinajstić information content (AvgIpc) is 2.81. The highest BCUT2D eigenvalue weighted by molar-refractivity contribution is 5.72. The van der Waals surface area contributed by atoms with E-state index in [4.69, 9.17) is 14.2 Å². The van der Waals surface area contributed by atoms with Gasteiger partial charge in [-0.3, -0.25) is 4.79 Å². The summed E-state index contributed by atoms with van der Waals surface area (Å²) in [5.74, 6) is -14.0. The standard InChI is InChI=1S/C23H33F5O5/c1-2-3-4-5-6-7-8-9-11-30-13-15-32-16-14-31-12-10-17(29)33-23-21(27)19(25)18(24)20(26)22(23)28/h2-16H2,1H3. The molecule has 0 aliphatic heterocycles. The lowest BCUT2D eigenvalue weighted by atomic mass is 10.1. The number of esters is 1. The lowest BCUT2D eigenvalue weighted by Gasteiger charge is -2.09. The SMILES string of the molecule is CCCCCCCCCCOCCOCCOCCC(=O)Oc1c(F)c(F)c(F)c(F)c1F. The van der Waals surface area contributed by atoms with Crippen molar-refractivity contribution in [1.29, 1.82) is 0 Å². The molecule has 0 spiro atoms. The van der Waals surface area contributed by atoms with E-state index in [-0.39, 0.29) is 19.8 Å². The van der Waals surface area contributed by atoms with Crippen molar-refractivity contribution in [3.05, 3.63) is 29.1 Å². The summed E-state index contributed by atoms with van der Waals surface area (Å²) in [5.41, 5.74) is 0. The molecule has 0 saturated heterocycles. The summed E-state index contributed by atoms with van der Waals surface area (Å²) in [6.45, 7) is 3.97. The maximum atomic E-state index is 13.5. The monoisotopic (exact) mass is 484 g/mol. The molecule has 0 radical (unpaired) electrons. The molecule has 1 aromatic carbocycles. The minimum atomic E-state index is -2.33. The van der Waals surface area contributed by atoms with Crippen LogP contribution in [-0.4, -0.2) is 45.6 Å². The first-order valence-electron chi connectivity index (χ1n) is 11.3. The van der Waals surface area contributed by atoms with E-state index in [1.165, 1.54) is 38.5 Å². The number of carbonyl (C=O) groups excluding carboxylic acids is 1. The molecular formula is C23H33F5O5. The van der Waals surface area contributed by atoms with Gasteiger partial charge in [0.1, 0.15) is 0 Å². The highest BCUT2D eigenvalue weighted by Gasteiger charge is 2.28. The van der Waals surface area contributed by atoms with Gasteiger partial charge < -0.3 is 18.9 Å². The van der Waals surface area contributed by atoms with E-state index >= 15 is 0 Å². The van der Waals surface area contributed by atoms with Crippen LogP contribution in [-0.2, 0) is 19.0 Å². The van der Waals surface area contributed by atoms with Gasteiger partial charge >= 0.3 is 5.97 Å². The van der Waals surface area contributed by atoms with E-state index in [2.05, 4.69) is 11.7 Å². The van der Waals surface area contributed by atoms with Crippen LogP contribution in [0.1, 0.15) is 64.7 Å². The summed E-state index contributed by atoms with van der Waals surface area (Å²) in [5, 5.41) is 0. The fourth-order valence-electron chi connectivity index (χ4n) is 2.87. The molecule has 0 amide bonds. The molecule has 0 heterocycles. The van der Waals surface area contributed by atoms with Gasteiger partial charge in [-0.1, -0.05) is 51.9 Å². The maximum Gasteiger partial charge on any atom is 0.313 e. The van der Waals surface area contributed by atoms with Crippen molar-refractivity contribution in [1.82, 2.24) is 0 Å². The van der Waals surface area contributed by atoms with Crippen molar-refractivity contribution in [3.8, 4) is 5.75 Å². The lowest BCUT2D eigenvalue weighted by molar-refractivity contribution is -0.136. The number of rotatable bonds is 19. The summed E-state index contributed by atoms with van der Waals surface area (Å²) >= 11 is 0. The van der Waals surface area contributed by atoms with Crippen LogP contribution in [0.4, 0.5) is 22.0 Å². The van der Waals surface area contributed by atoms with Crippen LogP contribution >= 0.6 is 0 Å². The highest BCUT2D eigenvalue weighted by atomic mass is 19.2. The predicted octanol–water partition coefficient (Wildman–Crippen LogP) is 5.87. The van der Waals surface area contributed by atoms with Crippen molar-refractivity contribution >= 4 is 5.97 Å². The van der Waals surface area contributed by atoms with Gasteiger partial charge in [-0.2, -0.15) is 8.78 Å². The van der Waals surface area contributed by atoms with E-state index in [0.29, 0.717) is 19.8 Å². The summed E-state index contributed by atoms with van der Waals surface area (Å²) < 4.78 is 86.2. The number of unbranched alkanes of at least 4 members (excludes halogenated alkanes) is 7. The number of benzene rings is 1. The van der Waals surface area contributed by atoms with Crippen molar-refractivity contribution in [3.63, 3.8) is 0 Å².